The Morgan fingerprint density at radius 3 is 2.81 bits per heavy atom. The lowest BCUT2D eigenvalue weighted by atomic mass is 10.3. The van der Waals surface area contributed by atoms with E-state index in [0.717, 1.165) is 35.7 Å². The van der Waals surface area contributed by atoms with Crippen molar-refractivity contribution in [1.29, 1.82) is 0 Å². The maximum atomic E-state index is 12.0. The number of anilines is 2. The Balaban J connectivity index is 1.65. The van der Waals surface area contributed by atoms with Gasteiger partial charge in [0, 0.05) is 31.6 Å². The summed E-state index contributed by atoms with van der Waals surface area (Å²) in [6, 6.07) is 5.64. The first kappa shape index (κ1) is 14.5. The van der Waals surface area contributed by atoms with Crippen molar-refractivity contribution in [2.45, 2.75) is 0 Å². The van der Waals surface area contributed by atoms with Crippen LogP contribution in [-0.2, 0) is 0 Å². The molecule has 0 saturated carbocycles. The van der Waals surface area contributed by atoms with Crippen LogP contribution < -0.4 is 15.5 Å². The van der Waals surface area contributed by atoms with Crippen LogP contribution in [0.4, 0.5) is 11.5 Å². The number of piperazine rings is 1. The molecule has 3 rings (SSSR count). The van der Waals surface area contributed by atoms with E-state index < -0.39 is 0 Å². The highest BCUT2D eigenvalue weighted by Crippen LogP contribution is 2.22. The zero-order chi connectivity index (χ0) is 14.7. The summed E-state index contributed by atoms with van der Waals surface area (Å²) < 4.78 is 0.940. The van der Waals surface area contributed by atoms with Gasteiger partial charge in [0.2, 0.25) is 0 Å². The molecule has 0 atom stereocenters. The van der Waals surface area contributed by atoms with Gasteiger partial charge in [-0.25, -0.2) is 4.98 Å². The van der Waals surface area contributed by atoms with Crippen LogP contribution in [0.5, 0.6) is 0 Å². The molecule has 1 fully saturated rings. The van der Waals surface area contributed by atoms with Gasteiger partial charge in [-0.05, 0) is 34.1 Å². The molecule has 1 saturated heterocycles. The third kappa shape index (κ3) is 3.61. The number of hydrogen-bond acceptors (Lipinski definition) is 5. The van der Waals surface area contributed by atoms with E-state index in [1.807, 2.05) is 23.7 Å². The number of nitrogens with zero attached hydrogens (tertiary/aromatic N) is 2. The van der Waals surface area contributed by atoms with Crippen LogP contribution in [0.3, 0.4) is 0 Å². The number of halogens is 1. The van der Waals surface area contributed by atoms with E-state index >= 15 is 0 Å². The van der Waals surface area contributed by atoms with E-state index in [1.165, 1.54) is 11.3 Å². The van der Waals surface area contributed by atoms with Crippen molar-refractivity contribution in [2.75, 3.05) is 36.4 Å². The van der Waals surface area contributed by atoms with Crippen molar-refractivity contribution >= 4 is 44.7 Å². The predicted molar refractivity (Wildman–Crippen MR) is 89.3 cm³/mol. The molecule has 3 heterocycles. The van der Waals surface area contributed by atoms with Gasteiger partial charge in [0.15, 0.2) is 0 Å². The van der Waals surface area contributed by atoms with Crippen LogP contribution in [0.15, 0.2) is 33.6 Å². The molecule has 21 heavy (non-hydrogen) atoms. The second-order valence-electron chi connectivity index (χ2n) is 4.73. The Bertz CT molecular complexity index is 622. The fourth-order valence-electron chi connectivity index (χ4n) is 2.19. The van der Waals surface area contributed by atoms with Gasteiger partial charge < -0.3 is 15.5 Å². The topological polar surface area (TPSA) is 57.3 Å². The highest BCUT2D eigenvalue weighted by atomic mass is 79.9. The highest BCUT2D eigenvalue weighted by Gasteiger charge is 2.12. The van der Waals surface area contributed by atoms with Gasteiger partial charge in [0.1, 0.15) is 5.82 Å². The Morgan fingerprint density at radius 1 is 1.38 bits per heavy atom. The van der Waals surface area contributed by atoms with Crippen molar-refractivity contribution in [3.8, 4) is 0 Å². The van der Waals surface area contributed by atoms with Gasteiger partial charge in [0.05, 0.1) is 21.2 Å². The summed E-state index contributed by atoms with van der Waals surface area (Å²) in [7, 11) is 0. The minimum Gasteiger partial charge on any atom is -0.368 e. The molecule has 5 nitrogen and oxygen atoms in total. The lowest BCUT2D eigenvalue weighted by Gasteiger charge is -2.29. The largest absolute Gasteiger partial charge is 0.368 e. The summed E-state index contributed by atoms with van der Waals surface area (Å²) in [5.41, 5.74) is 1.73. The zero-order valence-corrected chi connectivity index (χ0v) is 13.7. The molecule has 0 unspecified atom stereocenters. The number of carbonyl (C=O) groups is 1. The molecule has 2 N–H and O–H groups in total. The number of hydrogen-bond donors (Lipinski definition) is 2. The molecule has 0 aliphatic carbocycles. The first-order valence-electron chi connectivity index (χ1n) is 6.69. The summed E-state index contributed by atoms with van der Waals surface area (Å²) in [4.78, 5) is 18.6. The molecule has 0 bridgehead atoms. The van der Waals surface area contributed by atoms with Crippen LogP contribution in [-0.4, -0.2) is 37.1 Å². The van der Waals surface area contributed by atoms with Gasteiger partial charge in [-0.1, -0.05) is 0 Å². The van der Waals surface area contributed by atoms with Crippen LogP contribution in [0.25, 0.3) is 0 Å². The fraction of sp³-hybridized carbons (Fsp3) is 0.286. The summed E-state index contributed by atoms with van der Waals surface area (Å²) in [5.74, 6) is 0.431. The quantitative estimate of drug-likeness (QED) is 0.876. The average Bonchev–Trinajstić information content (AvgIpc) is 2.96. The fourth-order valence-corrected chi connectivity index (χ4v) is 3.32. The van der Waals surface area contributed by atoms with Crippen molar-refractivity contribution in [3.63, 3.8) is 0 Å². The van der Waals surface area contributed by atoms with Crippen LogP contribution in [0.1, 0.15) is 10.4 Å². The summed E-state index contributed by atoms with van der Waals surface area (Å²) in [6.45, 7) is 3.95. The molecule has 2 aromatic heterocycles. The monoisotopic (exact) mass is 366 g/mol. The number of thiophene rings is 1. The first-order chi connectivity index (χ1) is 10.2. The Morgan fingerprint density at radius 2 is 2.19 bits per heavy atom. The predicted octanol–water partition coefficient (Wildman–Crippen LogP) is 2.57. The number of carbonyl (C=O) groups excluding carboxylic acids is 1. The van der Waals surface area contributed by atoms with E-state index in [4.69, 9.17) is 0 Å². The van der Waals surface area contributed by atoms with Crippen LogP contribution in [0, 0.1) is 0 Å². The first-order valence-corrected chi connectivity index (χ1v) is 8.37. The molecule has 2 aromatic rings. The van der Waals surface area contributed by atoms with Gasteiger partial charge >= 0.3 is 0 Å². The molecule has 110 valence electrons. The third-order valence-electron chi connectivity index (χ3n) is 3.30. The van der Waals surface area contributed by atoms with Gasteiger partial charge in [-0.15, -0.1) is 11.3 Å². The van der Waals surface area contributed by atoms with E-state index in [2.05, 4.69) is 36.4 Å². The van der Waals surface area contributed by atoms with Gasteiger partial charge in [0.25, 0.3) is 5.91 Å². The van der Waals surface area contributed by atoms with Crippen molar-refractivity contribution in [3.05, 3.63) is 39.1 Å². The molecule has 7 heteroatoms. The average molecular weight is 367 g/mol. The zero-order valence-electron chi connectivity index (χ0n) is 11.3. The standard InChI is InChI=1S/C14H15BrN4OS/c15-12-7-10(9-21-12)14(20)18-13-2-1-11(8-17-13)19-5-3-16-4-6-19/h1-2,7-9,16H,3-6H2,(H,17,18,20). The molecule has 0 aromatic carbocycles. The second-order valence-corrected chi connectivity index (χ2v) is 7.02. The van der Waals surface area contributed by atoms with Gasteiger partial charge in [-0.2, -0.15) is 0 Å². The Hall–Kier alpha value is -1.44. The minimum atomic E-state index is -0.139. The van der Waals surface area contributed by atoms with Crippen LogP contribution >= 0.6 is 27.3 Å². The summed E-state index contributed by atoms with van der Waals surface area (Å²) >= 11 is 4.84. The number of rotatable bonds is 3. The highest BCUT2D eigenvalue weighted by molar-refractivity contribution is 9.11. The molecule has 1 aliphatic heterocycles. The maximum absolute atomic E-state index is 12.0. The van der Waals surface area contributed by atoms with Crippen molar-refractivity contribution < 1.29 is 4.79 Å². The van der Waals surface area contributed by atoms with Crippen molar-refractivity contribution in [2.24, 2.45) is 0 Å². The van der Waals surface area contributed by atoms with Crippen molar-refractivity contribution in [1.82, 2.24) is 10.3 Å². The Labute approximate surface area is 135 Å². The van der Waals surface area contributed by atoms with Gasteiger partial charge in [-0.3, -0.25) is 4.79 Å². The number of aromatic nitrogens is 1. The maximum Gasteiger partial charge on any atom is 0.257 e. The molecular weight excluding hydrogens is 352 g/mol. The van der Waals surface area contributed by atoms with Crippen LogP contribution in [0.2, 0.25) is 0 Å². The minimum absolute atomic E-state index is 0.139. The number of pyridine rings is 1. The number of nitrogens with one attached hydrogen (secondary N) is 2. The molecular formula is C14H15BrN4OS. The lowest BCUT2D eigenvalue weighted by Crippen LogP contribution is -2.43. The normalized spacial score (nSPS) is 15.0. The molecule has 1 amide bonds. The smallest absolute Gasteiger partial charge is 0.257 e. The second kappa shape index (κ2) is 6.55. The molecule has 0 radical (unpaired) electrons. The lowest BCUT2D eigenvalue weighted by molar-refractivity contribution is 0.102. The summed E-state index contributed by atoms with van der Waals surface area (Å²) in [6.07, 6.45) is 1.81. The van der Waals surface area contributed by atoms with E-state index in [1.54, 1.807) is 6.07 Å². The Kier molecular flexibility index (Phi) is 4.52. The van der Waals surface area contributed by atoms with E-state index in [9.17, 15) is 4.79 Å². The van der Waals surface area contributed by atoms with E-state index in [-0.39, 0.29) is 5.91 Å². The number of amides is 1. The van der Waals surface area contributed by atoms with E-state index in [0.29, 0.717) is 11.4 Å². The molecule has 0 spiro atoms. The third-order valence-corrected chi connectivity index (χ3v) is 4.81. The molecule has 1 aliphatic rings. The summed E-state index contributed by atoms with van der Waals surface area (Å²) in [5, 5.41) is 7.94. The SMILES string of the molecule is O=C(Nc1ccc(N2CCNCC2)cn1)c1csc(Br)c1.